The maximum Gasteiger partial charge on any atom is -0.0121 e. The Hall–Kier alpha value is -1.30. The lowest BCUT2D eigenvalue weighted by Crippen LogP contribution is -2.22. The summed E-state index contributed by atoms with van der Waals surface area (Å²) >= 11 is 0. The van der Waals surface area contributed by atoms with Gasteiger partial charge < -0.3 is 0 Å². The van der Waals surface area contributed by atoms with Crippen LogP contribution in [0, 0.1) is 11.8 Å². The van der Waals surface area contributed by atoms with Gasteiger partial charge in [0, 0.05) is 0 Å². The second kappa shape index (κ2) is 9.11. The van der Waals surface area contributed by atoms with E-state index in [0.717, 1.165) is 23.7 Å². The standard InChI is InChI=1S/C10H12.C9H12.2C2H6/c1-7-8(2)10-6-4-3-5-9(7)10;1-6-7(2)9-5-3-4-8(6)9;2*1-2/h3-8H,1-2H3;3-4,6-7H,5H2,1-2H3;2*1-2H3. The molecule has 4 rings (SSSR count). The molecule has 4 atom stereocenters. The highest BCUT2D eigenvalue weighted by Crippen LogP contribution is 2.46. The molecule has 0 spiro atoms. The topological polar surface area (TPSA) is 0 Å². The maximum atomic E-state index is 2.33. The molecule has 0 saturated carbocycles. The largest absolute Gasteiger partial charge is 0.0802 e. The van der Waals surface area contributed by atoms with Crippen molar-refractivity contribution < 1.29 is 0 Å². The Morgan fingerprint density at radius 1 is 0.696 bits per heavy atom. The molecule has 3 aliphatic rings. The monoisotopic (exact) mass is 312 g/mol. The third-order valence-corrected chi connectivity index (χ3v) is 5.52. The number of hydrogen-bond donors (Lipinski definition) is 0. The fourth-order valence-corrected chi connectivity index (χ4v) is 3.69. The average Bonchev–Trinajstić information content (AvgIpc) is 3.10. The Morgan fingerprint density at radius 3 is 1.61 bits per heavy atom. The molecule has 0 fully saturated rings. The van der Waals surface area contributed by atoms with E-state index in [4.69, 9.17) is 0 Å². The zero-order valence-electron chi connectivity index (χ0n) is 16.5. The highest BCUT2D eigenvalue weighted by molar-refractivity contribution is 5.45. The van der Waals surface area contributed by atoms with Gasteiger partial charge in [-0.3, -0.25) is 0 Å². The van der Waals surface area contributed by atoms with Gasteiger partial charge in [0.1, 0.15) is 0 Å². The Labute approximate surface area is 144 Å². The van der Waals surface area contributed by atoms with E-state index in [1.165, 1.54) is 6.42 Å². The van der Waals surface area contributed by atoms with Crippen molar-refractivity contribution in [1.82, 2.24) is 0 Å². The fourth-order valence-electron chi connectivity index (χ4n) is 3.69. The van der Waals surface area contributed by atoms with E-state index in [2.05, 4.69) is 64.1 Å². The van der Waals surface area contributed by atoms with E-state index >= 15 is 0 Å². The predicted molar refractivity (Wildman–Crippen MR) is 105 cm³/mol. The van der Waals surface area contributed by atoms with E-state index in [1.807, 2.05) is 27.7 Å². The number of allylic oxidation sites excluding steroid dienone is 4. The lowest BCUT2D eigenvalue weighted by Gasteiger charge is -2.34. The molecule has 0 N–H and O–H groups in total. The first-order valence-corrected chi connectivity index (χ1v) is 9.59. The van der Waals surface area contributed by atoms with Gasteiger partial charge in [-0.2, -0.15) is 0 Å². The molecule has 0 amide bonds. The van der Waals surface area contributed by atoms with Crippen molar-refractivity contribution in [3.63, 3.8) is 0 Å². The smallest absolute Gasteiger partial charge is 0.0121 e. The molecular formula is C23H36. The molecule has 4 unspecified atom stereocenters. The van der Waals surface area contributed by atoms with Crippen LogP contribution in [-0.2, 0) is 0 Å². The van der Waals surface area contributed by atoms with Crippen molar-refractivity contribution >= 4 is 0 Å². The van der Waals surface area contributed by atoms with Gasteiger partial charge in [-0.05, 0) is 46.8 Å². The maximum absolute atomic E-state index is 2.33. The van der Waals surface area contributed by atoms with Gasteiger partial charge in [-0.1, -0.05) is 97.4 Å². The van der Waals surface area contributed by atoms with Crippen molar-refractivity contribution in [2.75, 3.05) is 0 Å². The molecule has 0 aliphatic heterocycles. The summed E-state index contributed by atoms with van der Waals surface area (Å²) in [6.45, 7) is 17.2. The summed E-state index contributed by atoms with van der Waals surface area (Å²) in [6, 6.07) is 8.72. The first kappa shape index (κ1) is 19.7. The van der Waals surface area contributed by atoms with E-state index in [-0.39, 0.29) is 0 Å². The van der Waals surface area contributed by atoms with Gasteiger partial charge >= 0.3 is 0 Å². The minimum absolute atomic E-state index is 0.788. The van der Waals surface area contributed by atoms with Crippen molar-refractivity contribution in [3.05, 3.63) is 58.7 Å². The highest BCUT2D eigenvalue weighted by Gasteiger charge is 2.33. The van der Waals surface area contributed by atoms with Crippen molar-refractivity contribution in [2.24, 2.45) is 11.8 Å². The summed E-state index contributed by atoms with van der Waals surface area (Å²) < 4.78 is 0. The van der Waals surface area contributed by atoms with Crippen molar-refractivity contribution in [1.29, 1.82) is 0 Å². The SMILES string of the molecule is CC.CC.CC1C2=C(CC=C2)C1C.CC1c2ccccc2C1C. The quantitative estimate of drug-likeness (QED) is 0.465. The summed E-state index contributed by atoms with van der Waals surface area (Å²) in [5, 5.41) is 0. The third-order valence-electron chi connectivity index (χ3n) is 5.52. The Kier molecular flexibility index (Phi) is 7.82. The summed E-state index contributed by atoms with van der Waals surface area (Å²) in [7, 11) is 0. The average molecular weight is 313 g/mol. The highest BCUT2D eigenvalue weighted by atomic mass is 14.4. The third kappa shape index (κ3) is 3.79. The number of benzene rings is 1. The van der Waals surface area contributed by atoms with Crippen LogP contribution < -0.4 is 0 Å². The summed E-state index contributed by atoms with van der Waals surface area (Å²) in [6.07, 6.45) is 5.81. The molecule has 1 aromatic rings. The van der Waals surface area contributed by atoms with Crippen LogP contribution in [0.4, 0.5) is 0 Å². The van der Waals surface area contributed by atoms with Gasteiger partial charge in [0.2, 0.25) is 0 Å². The first-order chi connectivity index (χ1) is 11.1. The normalized spacial score (nSPS) is 28.3. The van der Waals surface area contributed by atoms with Crippen LogP contribution in [0.3, 0.4) is 0 Å². The summed E-state index contributed by atoms with van der Waals surface area (Å²) in [5.74, 6) is 3.29. The molecule has 0 heterocycles. The van der Waals surface area contributed by atoms with Crippen LogP contribution in [0.15, 0.2) is 47.6 Å². The molecule has 0 saturated heterocycles. The van der Waals surface area contributed by atoms with Crippen molar-refractivity contribution in [3.8, 4) is 0 Å². The summed E-state index contributed by atoms with van der Waals surface area (Å²) in [4.78, 5) is 0. The van der Waals surface area contributed by atoms with Crippen LogP contribution in [0.1, 0.15) is 84.8 Å². The van der Waals surface area contributed by atoms with Crippen LogP contribution in [-0.4, -0.2) is 0 Å². The summed E-state index contributed by atoms with van der Waals surface area (Å²) in [5.41, 5.74) is 6.43. The molecule has 0 bridgehead atoms. The Balaban J connectivity index is 0.000000190. The minimum Gasteiger partial charge on any atom is -0.0802 e. The zero-order chi connectivity index (χ0) is 17.6. The molecule has 0 nitrogen and oxygen atoms in total. The van der Waals surface area contributed by atoms with Gasteiger partial charge in [0.05, 0.1) is 0 Å². The van der Waals surface area contributed by atoms with Gasteiger partial charge in [-0.15, -0.1) is 0 Å². The fraction of sp³-hybridized carbons (Fsp3) is 0.565. The van der Waals surface area contributed by atoms with Crippen LogP contribution >= 0.6 is 0 Å². The molecule has 0 radical (unpaired) electrons. The van der Waals surface area contributed by atoms with Gasteiger partial charge in [0.25, 0.3) is 0 Å². The molecule has 3 aliphatic carbocycles. The number of rotatable bonds is 0. The van der Waals surface area contributed by atoms with Crippen LogP contribution in [0.2, 0.25) is 0 Å². The zero-order valence-corrected chi connectivity index (χ0v) is 16.5. The molecular weight excluding hydrogens is 276 g/mol. The number of hydrogen-bond acceptors (Lipinski definition) is 0. The molecule has 128 valence electrons. The minimum atomic E-state index is 0.788. The van der Waals surface area contributed by atoms with Gasteiger partial charge in [0.15, 0.2) is 0 Å². The lowest BCUT2D eigenvalue weighted by atomic mass is 9.70. The molecule has 23 heavy (non-hydrogen) atoms. The first-order valence-electron chi connectivity index (χ1n) is 9.59. The molecule has 0 heteroatoms. The molecule has 0 aromatic heterocycles. The molecule has 1 aromatic carbocycles. The van der Waals surface area contributed by atoms with E-state index in [0.29, 0.717) is 0 Å². The van der Waals surface area contributed by atoms with Gasteiger partial charge in [-0.25, -0.2) is 0 Å². The van der Waals surface area contributed by atoms with Crippen LogP contribution in [0.5, 0.6) is 0 Å². The second-order valence-corrected chi connectivity index (χ2v) is 6.37. The predicted octanol–water partition coefficient (Wildman–Crippen LogP) is 7.49. The van der Waals surface area contributed by atoms with Crippen LogP contribution in [0.25, 0.3) is 0 Å². The number of fused-ring (bicyclic) bond motifs is 1. The Bertz CT molecular complexity index is 520. The lowest BCUT2D eigenvalue weighted by molar-refractivity contribution is 0.437. The van der Waals surface area contributed by atoms with Crippen molar-refractivity contribution in [2.45, 2.75) is 73.6 Å². The van der Waals surface area contributed by atoms with E-state index in [9.17, 15) is 0 Å². The Morgan fingerprint density at radius 2 is 1.17 bits per heavy atom. The second-order valence-electron chi connectivity index (χ2n) is 6.37. The van der Waals surface area contributed by atoms with E-state index < -0.39 is 0 Å². The van der Waals surface area contributed by atoms with E-state index in [1.54, 1.807) is 22.3 Å².